The van der Waals surface area contributed by atoms with Gasteiger partial charge in [0.2, 0.25) is 0 Å². The molecule has 1 atom stereocenters. The Morgan fingerprint density at radius 3 is 2.79 bits per heavy atom. The van der Waals surface area contributed by atoms with Crippen LogP contribution in [0.25, 0.3) is 11.0 Å². The third-order valence-corrected chi connectivity index (χ3v) is 2.70. The molecule has 19 heavy (non-hydrogen) atoms. The Morgan fingerprint density at radius 1 is 1.32 bits per heavy atom. The first kappa shape index (κ1) is 13.3. The van der Waals surface area contributed by atoms with Crippen molar-refractivity contribution in [1.82, 2.24) is 15.3 Å². The maximum absolute atomic E-state index is 11.1. The quantitative estimate of drug-likeness (QED) is 0.495. The van der Waals surface area contributed by atoms with Gasteiger partial charge in [-0.1, -0.05) is 6.07 Å². The summed E-state index contributed by atoms with van der Waals surface area (Å²) in [5.41, 5.74) is 2.14. The van der Waals surface area contributed by atoms with Crippen LogP contribution >= 0.6 is 0 Å². The van der Waals surface area contributed by atoms with E-state index in [4.69, 9.17) is 5.11 Å². The molecule has 0 saturated carbocycles. The molecule has 1 aromatic heterocycles. The first-order chi connectivity index (χ1) is 9.04. The highest BCUT2D eigenvalue weighted by Crippen LogP contribution is 2.09. The van der Waals surface area contributed by atoms with Gasteiger partial charge in [0.25, 0.3) is 0 Å². The maximum Gasteiger partial charge on any atom is 0.323 e. The minimum Gasteiger partial charge on any atom is -0.481 e. The van der Waals surface area contributed by atoms with Crippen molar-refractivity contribution in [1.29, 1.82) is 0 Å². The van der Waals surface area contributed by atoms with E-state index >= 15 is 0 Å². The summed E-state index contributed by atoms with van der Waals surface area (Å²) in [6, 6.07) is 5.46. The zero-order valence-corrected chi connectivity index (χ0v) is 10.1. The molecule has 5 N–H and O–H groups in total. The normalized spacial score (nSPS) is 12.7. The number of aliphatic hydroxyl groups excluding tert-OH is 1. The molecule has 1 aromatic carbocycles. The molecule has 0 radical (unpaired) electrons. The van der Waals surface area contributed by atoms with Crippen LogP contribution in [0, 0.1) is 0 Å². The predicted molar refractivity (Wildman–Crippen MR) is 68.9 cm³/mol. The molecule has 0 fully saturated rings. The second kappa shape index (κ2) is 5.68. The second-order valence-corrected chi connectivity index (χ2v) is 4.34. The lowest BCUT2D eigenvalue weighted by molar-refractivity contribution is -0.139. The van der Waals surface area contributed by atoms with Crippen molar-refractivity contribution in [3.05, 3.63) is 34.2 Å². The number of aliphatic carboxylic acids is 1. The fourth-order valence-electron chi connectivity index (χ4n) is 1.85. The molecule has 0 aliphatic heterocycles. The smallest absolute Gasteiger partial charge is 0.323 e. The van der Waals surface area contributed by atoms with Gasteiger partial charge in [-0.25, -0.2) is 4.79 Å². The van der Waals surface area contributed by atoms with Crippen molar-refractivity contribution in [2.75, 3.05) is 6.54 Å². The van der Waals surface area contributed by atoms with E-state index in [9.17, 15) is 14.7 Å². The fraction of sp³-hybridized carbons (Fsp3) is 0.333. The predicted octanol–water partition coefficient (Wildman–Crippen LogP) is -0.219. The molecule has 7 nitrogen and oxygen atoms in total. The van der Waals surface area contributed by atoms with Crippen LogP contribution in [-0.2, 0) is 11.3 Å². The summed E-state index contributed by atoms with van der Waals surface area (Å²) in [7, 11) is 0. The molecule has 102 valence electrons. The summed E-state index contributed by atoms with van der Waals surface area (Å²) in [6.45, 7) is 0.688. The molecule has 7 heteroatoms. The lowest BCUT2D eigenvalue weighted by Gasteiger charge is -2.09. The van der Waals surface area contributed by atoms with Gasteiger partial charge in [0, 0.05) is 13.1 Å². The summed E-state index contributed by atoms with van der Waals surface area (Å²) < 4.78 is 0. The monoisotopic (exact) mass is 265 g/mol. The summed E-state index contributed by atoms with van der Waals surface area (Å²) in [4.78, 5) is 26.8. The van der Waals surface area contributed by atoms with Crippen LogP contribution < -0.4 is 11.0 Å². The van der Waals surface area contributed by atoms with E-state index in [1.165, 1.54) is 0 Å². The van der Waals surface area contributed by atoms with E-state index in [-0.39, 0.29) is 18.7 Å². The molecule has 1 heterocycles. The van der Waals surface area contributed by atoms with Gasteiger partial charge in [0.15, 0.2) is 0 Å². The number of H-pyrrole nitrogens is 2. The van der Waals surface area contributed by atoms with Gasteiger partial charge in [0.05, 0.1) is 23.6 Å². The van der Waals surface area contributed by atoms with Crippen LogP contribution in [0.15, 0.2) is 23.0 Å². The van der Waals surface area contributed by atoms with Crippen LogP contribution in [0.1, 0.15) is 12.0 Å². The Kier molecular flexibility index (Phi) is 3.98. The zero-order chi connectivity index (χ0) is 13.8. The number of rotatable bonds is 6. The average molecular weight is 265 g/mol. The van der Waals surface area contributed by atoms with Gasteiger partial charge in [-0.2, -0.15) is 0 Å². The average Bonchev–Trinajstić information content (AvgIpc) is 2.67. The molecule has 0 bridgehead atoms. The molecule has 0 spiro atoms. The van der Waals surface area contributed by atoms with E-state index < -0.39 is 12.1 Å². The van der Waals surface area contributed by atoms with Crippen LogP contribution in [0.2, 0.25) is 0 Å². The largest absolute Gasteiger partial charge is 0.481 e. The number of imidazole rings is 1. The molecule has 2 aromatic rings. The minimum atomic E-state index is -1.03. The molecule has 0 saturated heterocycles. The van der Waals surface area contributed by atoms with E-state index in [0.717, 1.165) is 16.6 Å². The number of carbonyl (C=O) groups is 1. The first-order valence-corrected chi connectivity index (χ1v) is 5.86. The standard InChI is InChI=1S/C12H15N3O4/c16-8(4-11(17)18)6-13-5-7-1-2-9-10(3-7)15-12(19)14-9/h1-3,8,13,16H,4-6H2,(H,17,18)(H2,14,15,19). The third kappa shape index (κ3) is 3.67. The summed E-state index contributed by atoms with van der Waals surface area (Å²) in [5.74, 6) is -1.03. The van der Waals surface area contributed by atoms with E-state index in [2.05, 4.69) is 15.3 Å². The maximum atomic E-state index is 11.1. The van der Waals surface area contributed by atoms with E-state index in [0.29, 0.717) is 6.54 Å². The number of aromatic amines is 2. The van der Waals surface area contributed by atoms with Gasteiger partial charge in [-0.15, -0.1) is 0 Å². The number of nitrogens with one attached hydrogen (secondary N) is 3. The van der Waals surface area contributed by atoms with Crippen molar-refractivity contribution in [3.8, 4) is 0 Å². The van der Waals surface area contributed by atoms with Gasteiger partial charge in [0.1, 0.15) is 0 Å². The van der Waals surface area contributed by atoms with E-state index in [1.54, 1.807) is 6.07 Å². The van der Waals surface area contributed by atoms with Crippen LogP contribution in [0.3, 0.4) is 0 Å². The molecule has 0 aliphatic carbocycles. The highest BCUT2D eigenvalue weighted by atomic mass is 16.4. The summed E-state index contributed by atoms with van der Waals surface area (Å²) in [6.07, 6.45) is -1.19. The number of fused-ring (bicyclic) bond motifs is 1. The summed E-state index contributed by atoms with van der Waals surface area (Å²) in [5, 5.41) is 20.8. The first-order valence-electron chi connectivity index (χ1n) is 5.86. The van der Waals surface area contributed by atoms with Crippen LogP contribution in [-0.4, -0.2) is 38.8 Å². The summed E-state index contributed by atoms with van der Waals surface area (Å²) >= 11 is 0. The molecular formula is C12H15N3O4. The molecule has 0 amide bonds. The van der Waals surface area contributed by atoms with Crippen molar-refractivity contribution in [2.24, 2.45) is 0 Å². The highest BCUT2D eigenvalue weighted by Gasteiger charge is 2.08. The Labute approximate surface area is 108 Å². The third-order valence-electron chi connectivity index (χ3n) is 2.70. The topological polar surface area (TPSA) is 118 Å². The number of hydrogen-bond acceptors (Lipinski definition) is 4. The molecule has 1 unspecified atom stereocenters. The number of carboxylic acid groups (broad SMARTS) is 1. The second-order valence-electron chi connectivity index (χ2n) is 4.34. The van der Waals surface area contributed by atoms with Crippen LogP contribution in [0.5, 0.6) is 0 Å². The lowest BCUT2D eigenvalue weighted by Crippen LogP contribution is -2.28. The lowest BCUT2D eigenvalue weighted by atomic mass is 10.2. The van der Waals surface area contributed by atoms with Gasteiger partial charge in [-0.3, -0.25) is 4.79 Å². The Bertz CT molecular complexity index is 631. The van der Waals surface area contributed by atoms with Gasteiger partial charge >= 0.3 is 11.7 Å². The van der Waals surface area contributed by atoms with Crippen LogP contribution in [0.4, 0.5) is 0 Å². The van der Waals surface area contributed by atoms with Gasteiger partial charge in [-0.05, 0) is 17.7 Å². The number of carboxylic acids is 1. The minimum absolute atomic E-state index is 0.202. The Balaban J connectivity index is 1.91. The van der Waals surface area contributed by atoms with Crippen molar-refractivity contribution < 1.29 is 15.0 Å². The van der Waals surface area contributed by atoms with Crippen molar-refractivity contribution >= 4 is 17.0 Å². The Morgan fingerprint density at radius 2 is 2.05 bits per heavy atom. The SMILES string of the molecule is O=C(O)CC(O)CNCc1ccc2[nH]c(=O)[nH]c2c1. The fourth-order valence-corrected chi connectivity index (χ4v) is 1.85. The Hall–Kier alpha value is -2.12. The van der Waals surface area contributed by atoms with Gasteiger partial charge < -0.3 is 25.5 Å². The molecule has 0 aliphatic rings. The number of hydrogen-bond donors (Lipinski definition) is 5. The van der Waals surface area contributed by atoms with Crippen molar-refractivity contribution in [3.63, 3.8) is 0 Å². The number of benzene rings is 1. The molecule has 2 rings (SSSR count). The van der Waals surface area contributed by atoms with E-state index in [1.807, 2.05) is 12.1 Å². The highest BCUT2D eigenvalue weighted by molar-refractivity contribution is 5.74. The zero-order valence-electron chi connectivity index (χ0n) is 10.1. The molecular weight excluding hydrogens is 250 g/mol. The van der Waals surface area contributed by atoms with Crippen molar-refractivity contribution in [2.45, 2.75) is 19.1 Å². The number of aliphatic hydroxyl groups is 1. The number of aromatic nitrogens is 2.